The molecule has 9 nitrogen and oxygen atoms in total. The fourth-order valence-electron chi connectivity index (χ4n) is 14.4. The average Bonchev–Trinajstić information content (AvgIpc) is 4.04. The Morgan fingerprint density at radius 2 is 1.72 bits per heavy atom. The van der Waals surface area contributed by atoms with Gasteiger partial charge in [0.2, 0.25) is 5.91 Å². The molecule has 13 atom stereocenters. The molecule has 53 heavy (non-hydrogen) atoms. The Morgan fingerprint density at radius 1 is 1.00 bits per heavy atom. The number of rotatable bonds is 8. The number of hydrogen-bond donors (Lipinski definition) is 1. The van der Waals surface area contributed by atoms with Crippen molar-refractivity contribution in [1.29, 1.82) is 0 Å². The van der Waals surface area contributed by atoms with Gasteiger partial charge >= 0.3 is 0 Å². The normalized spacial score (nSPS) is 47.1. The second-order valence-corrected chi connectivity index (χ2v) is 21.8. The summed E-state index contributed by atoms with van der Waals surface area (Å²) in [6, 6.07) is 6.01. The van der Waals surface area contributed by atoms with Crippen LogP contribution in [-0.4, -0.2) is 81.3 Å². The molecule has 1 aromatic rings. The molecule has 0 bridgehead atoms. The van der Waals surface area contributed by atoms with E-state index in [1.165, 1.54) is 37.8 Å². The quantitative estimate of drug-likeness (QED) is 0.276. The monoisotopic (exact) mass is 773 g/mol. The zero-order chi connectivity index (χ0) is 37.3. The fourth-order valence-corrected chi connectivity index (χ4v) is 15.4. The van der Waals surface area contributed by atoms with Gasteiger partial charge < -0.3 is 24.2 Å². The van der Waals surface area contributed by atoms with Crippen LogP contribution in [-0.2, 0) is 33.3 Å². The Morgan fingerprint density at radius 3 is 2.45 bits per heavy atom. The highest BCUT2D eigenvalue weighted by Crippen LogP contribution is 2.89. The number of aliphatic hydroxyl groups excluding tert-OH is 1. The van der Waals surface area contributed by atoms with Crippen molar-refractivity contribution in [3.63, 3.8) is 0 Å². The van der Waals surface area contributed by atoms with E-state index in [0.717, 1.165) is 32.1 Å². The van der Waals surface area contributed by atoms with Crippen LogP contribution in [0.5, 0.6) is 0 Å². The molecule has 1 N–H and O–H groups in total. The largest absolute Gasteiger partial charge is 0.390 e. The number of carbonyl (C=O) groups excluding carboxylic acids is 1. The van der Waals surface area contributed by atoms with Gasteiger partial charge in [0.1, 0.15) is 0 Å². The summed E-state index contributed by atoms with van der Waals surface area (Å²) >= 11 is 5.98. The number of hydrogen-bond acceptors (Lipinski definition) is 8. The van der Waals surface area contributed by atoms with Crippen LogP contribution in [0.15, 0.2) is 29.2 Å². The van der Waals surface area contributed by atoms with Crippen LogP contribution >= 0.6 is 11.6 Å². The minimum absolute atomic E-state index is 0.0303. The van der Waals surface area contributed by atoms with Crippen molar-refractivity contribution in [2.24, 2.45) is 56.7 Å². The van der Waals surface area contributed by atoms with Gasteiger partial charge in [-0.2, -0.15) is 8.42 Å². The first-order valence-corrected chi connectivity index (χ1v) is 22.4. The lowest BCUT2D eigenvalue weighted by molar-refractivity contribution is -0.248. The minimum atomic E-state index is -3.97. The number of amides is 1. The van der Waals surface area contributed by atoms with Gasteiger partial charge in [0, 0.05) is 23.4 Å². The molecule has 2 aliphatic heterocycles. The highest BCUT2D eigenvalue weighted by atomic mass is 35.5. The van der Waals surface area contributed by atoms with E-state index < -0.39 is 22.3 Å². The van der Waals surface area contributed by atoms with Gasteiger partial charge in [0.15, 0.2) is 6.29 Å². The highest BCUT2D eigenvalue weighted by Gasteiger charge is 2.84. The number of nitrogens with zero attached hydrogens (tertiary/aromatic N) is 1. The number of morpholine rings is 1. The zero-order valence-corrected chi connectivity index (χ0v) is 33.8. The molecule has 8 aliphatic rings. The molecule has 2 saturated heterocycles. The summed E-state index contributed by atoms with van der Waals surface area (Å²) < 4.78 is 51.3. The molecule has 1 amide bonds. The van der Waals surface area contributed by atoms with Gasteiger partial charge in [-0.05, 0) is 140 Å². The first-order chi connectivity index (χ1) is 25.1. The van der Waals surface area contributed by atoms with E-state index >= 15 is 0 Å². The van der Waals surface area contributed by atoms with Crippen molar-refractivity contribution in [2.75, 3.05) is 26.3 Å². The van der Waals surface area contributed by atoms with E-state index in [-0.39, 0.29) is 74.8 Å². The van der Waals surface area contributed by atoms with Crippen molar-refractivity contribution >= 4 is 27.6 Å². The number of carbonyl (C=O) groups is 1. The van der Waals surface area contributed by atoms with Crippen molar-refractivity contribution in [1.82, 2.24) is 4.90 Å². The maximum Gasteiger partial charge on any atom is 0.297 e. The lowest BCUT2D eigenvalue weighted by Crippen LogP contribution is -2.60. The second kappa shape index (κ2) is 12.6. The number of halogens is 1. The lowest BCUT2D eigenvalue weighted by atomic mass is 9.41. The number of ether oxygens (including phenoxy) is 3. The predicted octanol–water partition coefficient (Wildman–Crippen LogP) is 7.23. The second-order valence-electron chi connectivity index (χ2n) is 19.7. The molecular formula is C42H60ClNO8S. The minimum Gasteiger partial charge on any atom is -0.390 e. The Balaban J connectivity index is 0.898. The van der Waals surface area contributed by atoms with E-state index in [1.807, 2.05) is 4.90 Å². The molecule has 0 radical (unpaired) electrons. The molecule has 6 saturated carbocycles. The molecule has 2 unspecified atom stereocenters. The Kier molecular flexibility index (Phi) is 8.88. The first kappa shape index (κ1) is 37.3. The summed E-state index contributed by atoms with van der Waals surface area (Å²) in [5.41, 5.74) is 0.0549. The molecule has 6 aliphatic carbocycles. The van der Waals surface area contributed by atoms with Gasteiger partial charge in [0.05, 0.1) is 49.1 Å². The summed E-state index contributed by atoms with van der Waals surface area (Å²) in [5, 5.41) is 13.0. The van der Waals surface area contributed by atoms with Crippen LogP contribution in [0, 0.1) is 56.7 Å². The van der Waals surface area contributed by atoms with Crippen LogP contribution in [0.3, 0.4) is 0 Å². The van der Waals surface area contributed by atoms with E-state index in [4.69, 9.17) is 30.0 Å². The molecule has 0 aromatic heterocycles. The standard InChI is InChI=1S/C42H60ClNO8S/c1-25-20-28(23-50-53(47,48)29-10-8-27(43)9-11-29)51-36-35(25)39(4)16-17-42-24-41(42)15-14-32(38(2,3)30(41)12-13-31(42)40(39,5)37(36)46)52-34-22-44(18-19-49-34)33(45)21-26-6-7-26/h8-11,25-26,28,30-32,34-37,46H,6-7,12-24H2,1-5H3/t25-,28-,30+,31+,32?,34+,35+,36+,37+,39-,40-,41?,42+/m1/s1. The van der Waals surface area contributed by atoms with Crippen molar-refractivity contribution < 1.29 is 36.7 Å². The summed E-state index contributed by atoms with van der Waals surface area (Å²) in [5.74, 6) is 2.23. The predicted molar refractivity (Wildman–Crippen MR) is 199 cm³/mol. The van der Waals surface area contributed by atoms with Crippen LogP contribution in [0.1, 0.15) is 105 Å². The Bertz CT molecular complexity index is 1720. The van der Waals surface area contributed by atoms with Crippen LogP contribution in [0.4, 0.5) is 0 Å². The molecule has 294 valence electrons. The van der Waals surface area contributed by atoms with Crippen molar-refractivity contribution in [2.45, 2.75) is 141 Å². The third-order valence-corrected chi connectivity index (χ3v) is 18.7. The maximum atomic E-state index is 13.0. The zero-order valence-electron chi connectivity index (χ0n) is 32.2. The third-order valence-electron chi connectivity index (χ3n) is 17.2. The average molecular weight is 774 g/mol. The number of benzene rings is 1. The topological polar surface area (TPSA) is 112 Å². The third kappa shape index (κ3) is 5.52. The highest BCUT2D eigenvalue weighted by molar-refractivity contribution is 7.86. The van der Waals surface area contributed by atoms with Gasteiger partial charge in [-0.25, -0.2) is 0 Å². The van der Waals surface area contributed by atoms with E-state index in [2.05, 4.69) is 34.6 Å². The van der Waals surface area contributed by atoms with Gasteiger partial charge in [-0.15, -0.1) is 0 Å². The van der Waals surface area contributed by atoms with Crippen LogP contribution < -0.4 is 0 Å². The molecule has 9 rings (SSSR count). The molecular weight excluding hydrogens is 714 g/mol. The first-order valence-electron chi connectivity index (χ1n) is 20.6. The van der Waals surface area contributed by atoms with Crippen LogP contribution in [0.2, 0.25) is 5.02 Å². The summed E-state index contributed by atoms with van der Waals surface area (Å²) in [4.78, 5) is 15.0. The van der Waals surface area contributed by atoms with E-state index in [1.54, 1.807) is 12.1 Å². The Labute approximate surface area is 321 Å². The van der Waals surface area contributed by atoms with Gasteiger partial charge in [0.25, 0.3) is 10.1 Å². The van der Waals surface area contributed by atoms with Crippen molar-refractivity contribution in [3.05, 3.63) is 29.3 Å². The lowest BCUT2D eigenvalue weighted by Gasteiger charge is -2.64. The SMILES string of the molecule is C[C@@H]1C[C@H](COS(=O)(=O)c2ccc(Cl)cc2)O[C@H]2[C@H]1[C@@]1(C)CC[C@@]34CC35CCC(O[C@H]3CN(C(=O)CC6CC6)CCO3)C(C)(C)[C@@H]5CC[C@H]4[C@]1(C)[C@H]2O. The van der Waals surface area contributed by atoms with E-state index in [0.29, 0.717) is 55.3 Å². The van der Waals surface area contributed by atoms with E-state index in [9.17, 15) is 18.3 Å². The summed E-state index contributed by atoms with van der Waals surface area (Å²) in [6.07, 6.45) is 9.90. The summed E-state index contributed by atoms with van der Waals surface area (Å²) in [6.45, 7) is 13.6. The molecule has 8 fully saturated rings. The fraction of sp³-hybridized carbons (Fsp3) is 0.833. The maximum absolute atomic E-state index is 13.0. The van der Waals surface area contributed by atoms with Gasteiger partial charge in [-0.1, -0.05) is 46.2 Å². The smallest absolute Gasteiger partial charge is 0.297 e. The number of fused-ring (bicyclic) bond motifs is 4. The molecule has 2 heterocycles. The summed E-state index contributed by atoms with van der Waals surface area (Å²) in [7, 11) is -3.97. The number of aliphatic hydroxyl groups is 1. The van der Waals surface area contributed by atoms with Gasteiger partial charge in [-0.3, -0.25) is 8.98 Å². The van der Waals surface area contributed by atoms with Crippen molar-refractivity contribution in [3.8, 4) is 0 Å². The molecule has 2 spiro atoms. The van der Waals surface area contributed by atoms with Crippen LogP contribution in [0.25, 0.3) is 0 Å². The molecule has 11 heteroatoms. The molecule has 1 aromatic carbocycles. The Hall–Kier alpha value is -1.27.